The fourth-order valence-electron chi connectivity index (χ4n) is 5.08. The molecule has 7 aromatic rings. The zero-order valence-electron chi connectivity index (χ0n) is 18.9. The monoisotopic (exact) mass is 450 g/mol. The summed E-state index contributed by atoms with van der Waals surface area (Å²) >= 11 is 0. The van der Waals surface area contributed by atoms with Crippen molar-refractivity contribution in [1.29, 1.82) is 0 Å². The van der Waals surface area contributed by atoms with Crippen LogP contribution in [0, 0.1) is 0 Å². The predicted molar refractivity (Wildman–Crippen MR) is 149 cm³/mol. The summed E-state index contributed by atoms with van der Waals surface area (Å²) < 4.78 is 0. The lowest BCUT2D eigenvalue weighted by Gasteiger charge is -2.07. The normalized spacial score (nSPS) is 12.6. The fourth-order valence-corrected chi connectivity index (χ4v) is 5.08. The number of hydrogen-bond acceptors (Lipinski definition) is 2. The van der Waals surface area contributed by atoms with Crippen molar-refractivity contribution in [1.82, 2.24) is 15.0 Å². The number of rotatable bonds is 0. The van der Waals surface area contributed by atoms with Gasteiger partial charge in [0.2, 0.25) is 0 Å². The Labute approximate surface area is 201 Å². The third-order valence-electron chi connectivity index (χ3n) is 6.65. The lowest BCUT2D eigenvalue weighted by Crippen LogP contribution is -1.90. The van der Waals surface area contributed by atoms with Gasteiger partial charge in [-0.2, -0.15) is 0 Å². The Morgan fingerprint density at radius 1 is 0.571 bits per heavy atom. The SMILES string of the molecule is C1=CNc2c(ccc3[nH]c4ccccc4c23)C=C1.c1cnc2c(c1)ccc1[nH]c3ccccc3c12. The summed E-state index contributed by atoms with van der Waals surface area (Å²) in [4.78, 5) is 11.4. The van der Waals surface area contributed by atoms with Crippen LogP contribution in [0.2, 0.25) is 0 Å². The van der Waals surface area contributed by atoms with Gasteiger partial charge in [0.25, 0.3) is 0 Å². The molecule has 0 saturated heterocycles. The highest BCUT2D eigenvalue weighted by Gasteiger charge is 2.11. The Bertz CT molecular complexity index is 1930. The maximum atomic E-state index is 4.51. The first-order valence-electron chi connectivity index (χ1n) is 11.7. The molecule has 3 aromatic heterocycles. The number of H-pyrrole nitrogens is 2. The molecule has 0 bridgehead atoms. The number of aromatic nitrogens is 3. The molecule has 0 saturated carbocycles. The van der Waals surface area contributed by atoms with Gasteiger partial charge in [-0.3, -0.25) is 4.98 Å². The topological polar surface area (TPSA) is 56.5 Å². The van der Waals surface area contributed by atoms with E-state index in [1.54, 1.807) is 0 Å². The first kappa shape index (κ1) is 19.6. The lowest BCUT2D eigenvalue weighted by molar-refractivity contribution is 1.43. The van der Waals surface area contributed by atoms with E-state index in [0.717, 1.165) is 11.0 Å². The molecule has 4 heteroatoms. The standard InChI is InChI=1S/C16H12N2.C15H10N2/c1-2-7-13-12(6-1)15-14(18-13)9-8-11-5-3-4-10-17-16(11)15;1-2-6-12-11(5-1)14-13(17-12)8-7-10-4-3-9-16-15(10)14/h1-10,17-18H;1-9,17H. The van der Waals surface area contributed by atoms with E-state index in [9.17, 15) is 0 Å². The number of anilines is 1. The molecule has 4 heterocycles. The number of hydrogen-bond donors (Lipinski definition) is 3. The Morgan fingerprint density at radius 2 is 1.29 bits per heavy atom. The molecule has 4 aromatic carbocycles. The van der Waals surface area contributed by atoms with Gasteiger partial charge in [0.15, 0.2) is 0 Å². The zero-order valence-corrected chi connectivity index (χ0v) is 18.9. The molecule has 0 unspecified atom stereocenters. The van der Waals surface area contributed by atoms with Crippen molar-refractivity contribution in [2.45, 2.75) is 0 Å². The Kier molecular flexibility index (Phi) is 4.42. The summed E-state index contributed by atoms with van der Waals surface area (Å²) in [5, 5.41) is 9.56. The Morgan fingerprint density at radius 3 is 2.11 bits per heavy atom. The van der Waals surface area contributed by atoms with Crippen LogP contribution in [-0.4, -0.2) is 15.0 Å². The Balaban J connectivity index is 0.000000120. The second kappa shape index (κ2) is 7.89. The largest absolute Gasteiger partial charge is 0.361 e. The van der Waals surface area contributed by atoms with Gasteiger partial charge < -0.3 is 15.3 Å². The average Bonchev–Trinajstić information content (AvgIpc) is 3.39. The third kappa shape index (κ3) is 3.19. The number of fused-ring (bicyclic) bond motifs is 10. The summed E-state index contributed by atoms with van der Waals surface area (Å²) in [5.74, 6) is 0. The van der Waals surface area contributed by atoms with Crippen molar-refractivity contribution in [3.63, 3.8) is 0 Å². The zero-order chi connectivity index (χ0) is 23.2. The van der Waals surface area contributed by atoms with Crippen LogP contribution in [0.25, 0.3) is 60.6 Å². The minimum absolute atomic E-state index is 1.07. The molecule has 8 rings (SSSR count). The van der Waals surface area contributed by atoms with Gasteiger partial charge in [-0.1, -0.05) is 66.7 Å². The highest BCUT2D eigenvalue weighted by molar-refractivity contribution is 6.18. The van der Waals surface area contributed by atoms with E-state index in [1.807, 2.05) is 30.6 Å². The second-order valence-electron chi connectivity index (χ2n) is 8.72. The molecule has 0 spiro atoms. The molecule has 3 N–H and O–H groups in total. The molecule has 0 aliphatic carbocycles. The molecule has 0 amide bonds. The molecule has 4 nitrogen and oxygen atoms in total. The summed E-state index contributed by atoms with van der Waals surface area (Å²) in [6, 6.07) is 29.4. The highest BCUT2D eigenvalue weighted by atomic mass is 14.9. The number of allylic oxidation sites excluding steroid dienone is 2. The summed E-state index contributed by atoms with van der Waals surface area (Å²) in [7, 11) is 0. The van der Waals surface area contributed by atoms with Gasteiger partial charge >= 0.3 is 0 Å². The molecule has 35 heavy (non-hydrogen) atoms. The summed E-state index contributed by atoms with van der Waals surface area (Å²) in [6.45, 7) is 0. The molecule has 0 fully saturated rings. The van der Waals surface area contributed by atoms with Crippen molar-refractivity contribution in [3.05, 3.63) is 115 Å². The van der Waals surface area contributed by atoms with Crippen LogP contribution in [0.5, 0.6) is 0 Å². The van der Waals surface area contributed by atoms with Crippen molar-refractivity contribution in [3.8, 4) is 0 Å². The third-order valence-corrected chi connectivity index (χ3v) is 6.65. The first-order chi connectivity index (χ1) is 17.4. The van der Waals surface area contributed by atoms with E-state index in [-0.39, 0.29) is 0 Å². The minimum Gasteiger partial charge on any atom is -0.361 e. The van der Waals surface area contributed by atoms with Gasteiger partial charge in [-0.25, -0.2) is 0 Å². The number of aromatic amines is 2. The van der Waals surface area contributed by atoms with Gasteiger partial charge in [-0.15, -0.1) is 0 Å². The summed E-state index contributed by atoms with van der Waals surface area (Å²) in [6.07, 6.45) is 10.0. The van der Waals surface area contributed by atoms with Gasteiger partial charge in [0, 0.05) is 61.4 Å². The maximum Gasteiger partial charge on any atom is 0.0801 e. The molecule has 0 radical (unpaired) electrons. The number of para-hydroxylation sites is 2. The van der Waals surface area contributed by atoms with Gasteiger partial charge in [0.1, 0.15) is 0 Å². The van der Waals surface area contributed by atoms with E-state index < -0.39 is 0 Å². The van der Waals surface area contributed by atoms with Crippen molar-refractivity contribution in [2.75, 3.05) is 5.32 Å². The fraction of sp³-hybridized carbons (Fsp3) is 0. The number of pyridine rings is 1. The van der Waals surface area contributed by atoms with Crippen LogP contribution >= 0.6 is 0 Å². The smallest absolute Gasteiger partial charge is 0.0801 e. The van der Waals surface area contributed by atoms with E-state index in [4.69, 9.17) is 0 Å². The molecular formula is C31H22N4. The molecular weight excluding hydrogens is 428 g/mol. The van der Waals surface area contributed by atoms with Gasteiger partial charge in [0.05, 0.1) is 11.2 Å². The molecule has 1 aliphatic rings. The van der Waals surface area contributed by atoms with Crippen LogP contribution in [-0.2, 0) is 0 Å². The number of nitrogens with one attached hydrogen (secondary N) is 3. The Hall–Kier alpha value is -4.83. The molecule has 0 atom stereocenters. The second-order valence-corrected chi connectivity index (χ2v) is 8.72. The number of benzene rings is 4. The molecule has 166 valence electrons. The average molecular weight is 451 g/mol. The first-order valence-corrected chi connectivity index (χ1v) is 11.7. The summed E-state index contributed by atoms with van der Waals surface area (Å²) in [5.41, 5.74) is 8.14. The predicted octanol–water partition coefficient (Wildman–Crippen LogP) is 8.14. The van der Waals surface area contributed by atoms with Crippen LogP contribution in [0.4, 0.5) is 5.69 Å². The van der Waals surface area contributed by atoms with Crippen molar-refractivity contribution < 1.29 is 0 Å². The van der Waals surface area contributed by atoms with Gasteiger partial charge in [-0.05, 0) is 42.0 Å². The number of nitrogens with zero attached hydrogens (tertiary/aromatic N) is 1. The van der Waals surface area contributed by atoms with E-state index in [2.05, 4.69) is 105 Å². The van der Waals surface area contributed by atoms with E-state index >= 15 is 0 Å². The van der Waals surface area contributed by atoms with Crippen LogP contribution in [0.3, 0.4) is 0 Å². The highest BCUT2D eigenvalue weighted by Crippen LogP contribution is 2.35. The minimum atomic E-state index is 1.07. The van der Waals surface area contributed by atoms with Crippen LogP contribution in [0.15, 0.2) is 109 Å². The van der Waals surface area contributed by atoms with Crippen LogP contribution in [0.1, 0.15) is 5.56 Å². The lowest BCUT2D eigenvalue weighted by atomic mass is 10.1. The molecule has 1 aliphatic heterocycles. The van der Waals surface area contributed by atoms with Crippen LogP contribution < -0.4 is 5.32 Å². The quantitative estimate of drug-likeness (QED) is 0.218. The van der Waals surface area contributed by atoms with E-state index in [0.29, 0.717) is 0 Å². The van der Waals surface area contributed by atoms with E-state index in [1.165, 1.54) is 54.7 Å². The van der Waals surface area contributed by atoms with Crippen molar-refractivity contribution in [2.24, 2.45) is 0 Å². The van der Waals surface area contributed by atoms with Crippen molar-refractivity contribution >= 4 is 66.3 Å². The maximum absolute atomic E-state index is 4.51.